The maximum absolute atomic E-state index is 12.8. The Bertz CT molecular complexity index is 1010. The van der Waals surface area contributed by atoms with Crippen LogP contribution in [0.25, 0.3) is 0 Å². The molecule has 2 rings (SSSR count). The van der Waals surface area contributed by atoms with E-state index < -0.39 is 17.7 Å². The molecule has 11 heteroatoms. The van der Waals surface area contributed by atoms with Crippen LogP contribution in [0.3, 0.4) is 0 Å². The number of azo groups is 1. The Kier molecular flexibility index (Phi) is 8.47. The second-order valence-electron chi connectivity index (χ2n) is 6.04. The number of ketones is 1. The van der Waals surface area contributed by atoms with Crippen LogP contribution in [0.2, 0.25) is 10.0 Å². The van der Waals surface area contributed by atoms with Crippen LogP contribution in [0.4, 0.5) is 11.4 Å². The van der Waals surface area contributed by atoms with Crippen molar-refractivity contribution < 1.29 is 28.5 Å². The Labute approximate surface area is 189 Å². The summed E-state index contributed by atoms with van der Waals surface area (Å²) in [6.07, 6.45) is 0. The van der Waals surface area contributed by atoms with Gasteiger partial charge in [0, 0.05) is 12.1 Å². The van der Waals surface area contributed by atoms with E-state index in [0.29, 0.717) is 11.5 Å². The molecule has 2 aromatic rings. The van der Waals surface area contributed by atoms with Gasteiger partial charge in [-0.15, -0.1) is 0 Å². The van der Waals surface area contributed by atoms with Gasteiger partial charge in [0.2, 0.25) is 6.04 Å². The first kappa shape index (κ1) is 24.2. The largest absolute Gasteiger partial charge is 0.497 e. The minimum absolute atomic E-state index is 0.166. The number of anilines is 1. The van der Waals surface area contributed by atoms with Crippen LogP contribution in [0, 0.1) is 0 Å². The number of halogens is 2. The maximum atomic E-state index is 12.8. The topological polar surface area (TPSA) is 108 Å². The van der Waals surface area contributed by atoms with E-state index in [0.717, 1.165) is 0 Å². The average molecular weight is 470 g/mol. The van der Waals surface area contributed by atoms with Crippen molar-refractivity contribution in [3.63, 3.8) is 0 Å². The van der Waals surface area contributed by atoms with Crippen LogP contribution >= 0.6 is 23.2 Å². The van der Waals surface area contributed by atoms with Crippen molar-refractivity contribution in [2.45, 2.75) is 13.0 Å². The first-order valence-corrected chi connectivity index (χ1v) is 9.57. The molecule has 9 nitrogen and oxygen atoms in total. The number of hydrogen-bond acceptors (Lipinski definition) is 8. The third-order valence-corrected chi connectivity index (χ3v) is 4.73. The molecule has 0 aliphatic carbocycles. The highest BCUT2D eigenvalue weighted by atomic mass is 35.5. The number of Topliss-reactive ketones (excluding diaryl/α,β-unsaturated/α-hetero) is 1. The van der Waals surface area contributed by atoms with Crippen molar-refractivity contribution in [2.24, 2.45) is 10.2 Å². The summed E-state index contributed by atoms with van der Waals surface area (Å²) >= 11 is 12.4. The number of ether oxygens (including phenoxy) is 4. The predicted octanol–water partition coefficient (Wildman–Crippen LogP) is 4.71. The fourth-order valence-electron chi connectivity index (χ4n) is 2.58. The third-order valence-electron chi connectivity index (χ3n) is 4.10. The summed E-state index contributed by atoms with van der Waals surface area (Å²) in [5.74, 6) is -0.105. The zero-order valence-electron chi connectivity index (χ0n) is 17.5. The fraction of sp³-hybridized carbons (Fsp3) is 0.300. The number of hydrogen-bond donors (Lipinski definition) is 1. The molecule has 0 heterocycles. The van der Waals surface area contributed by atoms with Gasteiger partial charge in [0.1, 0.15) is 22.2 Å². The van der Waals surface area contributed by atoms with Gasteiger partial charge in [-0.2, -0.15) is 10.2 Å². The lowest BCUT2D eigenvalue weighted by Crippen LogP contribution is -2.32. The minimum Gasteiger partial charge on any atom is -0.497 e. The Morgan fingerprint density at radius 1 is 0.968 bits per heavy atom. The molecular weight excluding hydrogens is 449 g/mol. The Morgan fingerprint density at radius 3 is 2.19 bits per heavy atom. The number of rotatable bonds is 9. The molecule has 0 fully saturated rings. The quantitative estimate of drug-likeness (QED) is 0.420. The van der Waals surface area contributed by atoms with Crippen LogP contribution in [0.1, 0.15) is 6.92 Å². The normalized spacial score (nSPS) is 11.7. The van der Waals surface area contributed by atoms with Crippen molar-refractivity contribution in [1.29, 1.82) is 0 Å². The van der Waals surface area contributed by atoms with E-state index in [2.05, 4.69) is 15.5 Å². The lowest BCUT2D eigenvalue weighted by atomic mass is 10.2. The third kappa shape index (κ3) is 5.56. The Balaban J connectivity index is 2.36. The number of carbonyl (C=O) groups is 2. The molecule has 0 spiro atoms. The van der Waals surface area contributed by atoms with Gasteiger partial charge in [0.05, 0.1) is 39.1 Å². The number of carbonyl (C=O) groups excluding carboxylic acids is 2. The first-order valence-electron chi connectivity index (χ1n) is 8.81. The molecule has 1 amide bonds. The number of nitrogens with one attached hydrogen (secondary N) is 1. The number of benzene rings is 2. The molecule has 0 aliphatic rings. The Hall–Kier alpha value is -3.04. The van der Waals surface area contributed by atoms with E-state index in [1.54, 1.807) is 6.07 Å². The van der Waals surface area contributed by atoms with Gasteiger partial charge < -0.3 is 24.3 Å². The van der Waals surface area contributed by atoms with E-state index in [4.69, 9.17) is 42.1 Å². The van der Waals surface area contributed by atoms with E-state index in [1.807, 2.05) is 0 Å². The zero-order valence-corrected chi connectivity index (χ0v) is 19.0. The molecule has 0 radical (unpaired) electrons. The molecule has 0 saturated carbocycles. The molecule has 1 N–H and O–H groups in total. The molecule has 0 saturated heterocycles. The fourth-order valence-corrected chi connectivity index (χ4v) is 3.18. The molecule has 166 valence electrons. The van der Waals surface area contributed by atoms with Gasteiger partial charge in [-0.05, 0) is 19.1 Å². The molecule has 0 aliphatic heterocycles. The summed E-state index contributed by atoms with van der Waals surface area (Å²) in [5.41, 5.74) is 0.428. The van der Waals surface area contributed by atoms with Gasteiger partial charge >= 0.3 is 0 Å². The van der Waals surface area contributed by atoms with Crippen molar-refractivity contribution in [3.8, 4) is 23.0 Å². The van der Waals surface area contributed by atoms with Crippen LogP contribution in [0.5, 0.6) is 23.0 Å². The van der Waals surface area contributed by atoms with Crippen LogP contribution in [0.15, 0.2) is 34.5 Å². The lowest BCUT2D eigenvalue weighted by Gasteiger charge is -2.15. The molecule has 31 heavy (non-hydrogen) atoms. The van der Waals surface area contributed by atoms with Gasteiger partial charge in [-0.1, -0.05) is 23.2 Å². The SMILES string of the molecule is COc1cc(Cl)c(OC)c(N=NC(C(C)=O)C(=O)Nc2ccc(OC)c(Cl)c2OC)c1. The van der Waals surface area contributed by atoms with Crippen molar-refractivity contribution in [1.82, 2.24) is 0 Å². The van der Waals surface area contributed by atoms with E-state index in [-0.39, 0.29) is 32.9 Å². The monoisotopic (exact) mass is 469 g/mol. The highest BCUT2D eigenvalue weighted by Gasteiger charge is 2.25. The van der Waals surface area contributed by atoms with Crippen molar-refractivity contribution in [3.05, 3.63) is 34.3 Å². The maximum Gasteiger partial charge on any atom is 0.258 e. The van der Waals surface area contributed by atoms with Gasteiger partial charge in [-0.3, -0.25) is 9.59 Å². The van der Waals surface area contributed by atoms with E-state index in [9.17, 15) is 9.59 Å². The van der Waals surface area contributed by atoms with E-state index >= 15 is 0 Å². The lowest BCUT2D eigenvalue weighted by molar-refractivity contribution is -0.126. The highest BCUT2D eigenvalue weighted by molar-refractivity contribution is 6.34. The summed E-state index contributed by atoms with van der Waals surface area (Å²) in [6.45, 7) is 1.22. The van der Waals surface area contributed by atoms with Crippen LogP contribution in [-0.2, 0) is 9.59 Å². The molecular formula is C20H21Cl2N3O6. The van der Waals surface area contributed by atoms with Crippen LogP contribution in [-0.4, -0.2) is 46.2 Å². The van der Waals surface area contributed by atoms with Crippen LogP contribution < -0.4 is 24.3 Å². The minimum atomic E-state index is -1.44. The molecule has 0 bridgehead atoms. The zero-order chi connectivity index (χ0) is 23.1. The molecule has 1 unspecified atom stereocenters. The smallest absolute Gasteiger partial charge is 0.258 e. The van der Waals surface area contributed by atoms with Gasteiger partial charge in [0.15, 0.2) is 17.3 Å². The predicted molar refractivity (Wildman–Crippen MR) is 117 cm³/mol. The summed E-state index contributed by atoms with van der Waals surface area (Å²) in [6, 6.07) is 4.68. The molecule has 0 aromatic heterocycles. The van der Waals surface area contributed by atoms with Gasteiger partial charge in [0.25, 0.3) is 5.91 Å². The molecule has 2 aromatic carbocycles. The first-order chi connectivity index (χ1) is 14.8. The second kappa shape index (κ2) is 10.8. The number of amides is 1. The highest BCUT2D eigenvalue weighted by Crippen LogP contribution is 2.41. The number of methoxy groups -OCH3 is 4. The number of nitrogens with zero attached hydrogens (tertiary/aromatic N) is 2. The standard InChI is InChI=1S/C20H21Cl2N3O6/c1-10(26)17(25-24-14-9-11(28-2)8-12(21)18(14)30-4)20(27)23-13-6-7-15(29-3)16(22)19(13)31-5/h6-9,17H,1-5H3,(H,23,27). The molecule has 1 atom stereocenters. The van der Waals surface area contributed by atoms with Crippen molar-refractivity contribution >= 4 is 46.3 Å². The summed E-state index contributed by atoms with van der Waals surface area (Å²) in [4.78, 5) is 24.8. The van der Waals surface area contributed by atoms with Crippen molar-refractivity contribution in [2.75, 3.05) is 33.8 Å². The summed E-state index contributed by atoms with van der Waals surface area (Å²) < 4.78 is 20.7. The Morgan fingerprint density at radius 2 is 1.65 bits per heavy atom. The average Bonchev–Trinajstić information content (AvgIpc) is 2.73. The summed E-state index contributed by atoms with van der Waals surface area (Å²) in [7, 11) is 5.70. The van der Waals surface area contributed by atoms with E-state index in [1.165, 1.54) is 53.6 Å². The second-order valence-corrected chi connectivity index (χ2v) is 6.83. The van der Waals surface area contributed by atoms with Gasteiger partial charge in [-0.25, -0.2) is 0 Å². The summed E-state index contributed by atoms with van der Waals surface area (Å²) in [5, 5.41) is 10.9.